The van der Waals surface area contributed by atoms with Crippen molar-refractivity contribution in [1.82, 2.24) is 0 Å². The zero-order chi connectivity index (χ0) is 21.2. The van der Waals surface area contributed by atoms with Gasteiger partial charge in [-0.15, -0.1) is 0 Å². The Kier molecular flexibility index (Phi) is 40.3. The fraction of sp³-hybridized carbons (Fsp3) is 0.842. The molecule has 0 atom stereocenters. The normalized spacial score (nSPS) is 8.69. The molecule has 0 aromatic carbocycles. The quantitative estimate of drug-likeness (QED) is 0.324. The summed E-state index contributed by atoms with van der Waals surface area (Å²) in [5.74, 6) is -2.99. The standard InChI is InChI=1S/C10H21.3C3H6O2.Sn/c1-3-5-7-9-10-8-6-4-2;3*1-2-3(4)5;/h1,3-10H2,2H3;3*2H2,1H3,(H,4,5);/q;;;;+3/p-3. The predicted octanol–water partition coefficient (Wildman–Crippen LogP) is 1.15. The number of unbranched alkanes of at least 4 members (excludes halogenated alkanes) is 7. The number of rotatable bonds is 11. The summed E-state index contributed by atoms with van der Waals surface area (Å²) >= 11 is 1.71. The summed E-state index contributed by atoms with van der Waals surface area (Å²) < 4.78 is 1.46. The molecule has 0 bridgehead atoms. The van der Waals surface area contributed by atoms with E-state index in [2.05, 4.69) is 6.92 Å². The van der Waals surface area contributed by atoms with Gasteiger partial charge in [-0.1, -0.05) is 20.8 Å². The van der Waals surface area contributed by atoms with Crippen LogP contribution in [-0.4, -0.2) is 40.4 Å². The number of carboxylic acid groups (broad SMARTS) is 3. The second kappa shape index (κ2) is 31.9. The van der Waals surface area contributed by atoms with Crippen molar-refractivity contribution in [2.75, 3.05) is 0 Å². The van der Waals surface area contributed by atoms with E-state index in [0.717, 1.165) is 0 Å². The maximum atomic E-state index is 9.26. The van der Waals surface area contributed by atoms with Gasteiger partial charge in [0.25, 0.3) is 0 Å². The zero-order valence-electron chi connectivity index (χ0n) is 16.9. The summed E-state index contributed by atoms with van der Waals surface area (Å²) in [6.07, 6.45) is 12.0. The molecule has 152 valence electrons. The van der Waals surface area contributed by atoms with Gasteiger partial charge in [-0.3, -0.25) is 0 Å². The minimum atomic E-state index is -0.995. The van der Waals surface area contributed by atoms with E-state index in [0.29, 0.717) is 0 Å². The van der Waals surface area contributed by atoms with Crippen molar-refractivity contribution in [2.45, 2.75) is 103 Å². The van der Waals surface area contributed by atoms with E-state index in [9.17, 15) is 29.7 Å². The monoisotopic (exact) mass is 480 g/mol. The van der Waals surface area contributed by atoms with Crippen molar-refractivity contribution < 1.29 is 29.7 Å². The van der Waals surface area contributed by atoms with Gasteiger partial charge in [0.1, 0.15) is 0 Å². The van der Waals surface area contributed by atoms with E-state index in [1.807, 2.05) is 0 Å². The molecular weight excluding hydrogens is 443 g/mol. The Morgan fingerprint density at radius 3 is 1.00 bits per heavy atom. The molecule has 0 unspecified atom stereocenters. The van der Waals surface area contributed by atoms with Gasteiger partial charge >= 0.3 is 85.3 Å². The first-order valence-corrected chi connectivity index (χ1v) is 11.5. The summed E-state index contributed by atoms with van der Waals surface area (Å²) in [7, 11) is 0. The van der Waals surface area contributed by atoms with Crippen molar-refractivity contribution in [1.29, 1.82) is 0 Å². The van der Waals surface area contributed by atoms with Crippen LogP contribution in [0.2, 0.25) is 4.44 Å². The van der Waals surface area contributed by atoms with E-state index in [1.165, 1.54) is 76.6 Å². The molecule has 7 heteroatoms. The van der Waals surface area contributed by atoms with Crippen molar-refractivity contribution in [2.24, 2.45) is 0 Å². The molecular formula is C19H36O6Sn. The van der Waals surface area contributed by atoms with E-state index in [4.69, 9.17) is 0 Å². The van der Waals surface area contributed by atoms with Crippen LogP contribution in [0.15, 0.2) is 0 Å². The molecule has 0 rings (SSSR count). The van der Waals surface area contributed by atoms with Crippen LogP contribution < -0.4 is 15.3 Å². The molecule has 0 aliphatic rings. The first kappa shape index (κ1) is 32.8. The average Bonchev–Trinajstić information content (AvgIpc) is 2.62. The number of aliphatic carboxylic acids is 3. The third kappa shape index (κ3) is 65.6. The summed E-state index contributed by atoms with van der Waals surface area (Å²) in [6, 6.07) is 0. The van der Waals surface area contributed by atoms with Crippen molar-refractivity contribution in [3.05, 3.63) is 0 Å². The molecule has 0 radical (unpaired) electrons. The van der Waals surface area contributed by atoms with Crippen LogP contribution in [0.3, 0.4) is 0 Å². The topological polar surface area (TPSA) is 120 Å². The Bertz CT molecular complexity index is 267. The first-order valence-electron chi connectivity index (χ1n) is 9.47. The Balaban J connectivity index is -0.000000136. The third-order valence-corrected chi connectivity index (χ3v) is 3.91. The molecule has 0 saturated carbocycles. The van der Waals surface area contributed by atoms with Gasteiger partial charge < -0.3 is 29.7 Å². The molecule has 0 heterocycles. The summed E-state index contributed by atoms with van der Waals surface area (Å²) in [5.41, 5.74) is 0. The van der Waals surface area contributed by atoms with Gasteiger partial charge in [-0.05, 0) is 19.3 Å². The molecule has 0 aliphatic carbocycles. The first-order chi connectivity index (χ1) is 12.2. The van der Waals surface area contributed by atoms with E-state index in [1.54, 1.807) is 22.5 Å². The van der Waals surface area contributed by atoms with Crippen LogP contribution >= 0.6 is 0 Å². The van der Waals surface area contributed by atoms with Crippen LogP contribution in [0.25, 0.3) is 0 Å². The number of carboxylic acids is 3. The molecule has 6 nitrogen and oxygen atoms in total. The van der Waals surface area contributed by atoms with Gasteiger partial charge in [0.2, 0.25) is 0 Å². The maximum absolute atomic E-state index is 9.26. The summed E-state index contributed by atoms with van der Waals surface area (Å²) in [4.78, 5) is 27.8. The van der Waals surface area contributed by atoms with Gasteiger partial charge in [-0.25, -0.2) is 0 Å². The van der Waals surface area contributed by atoms with E-state index in [-0.39, 0.29) is 19.3 Å². The molecule has 0 N–H and O–H groups in total. The Morgan fingerprint density at radius 2 is 0.808 bits per heavy atom. The van der Waals surface area contributed by atoms with Crippen molar-refractivity contribution in [3.63, 3.8) is 0 Å². The zero-order valence-corrected chi connectivity index (χ0v) is 19.8. The predicted molar refractivity (Wildman–Crippen MR) is 99.1 cm³/mol. The fourth-order valence-corrected chi connectivity index (χ4v) is 1.97. The number of hydrogen-bond acceptors (Lipinski definition) is 6. The Labute approximate surface area is 172 Å². The SMILES string of the molecule is CCC(=O)[O-].CCC(=O)[O-].CCC(=O)[O-].CCCCCCCCC[CH2][Sn+3]. The van der Waals surface area contributed by atoms with Crippen LogP contribution in [0.1, 0.15) is 98.3 Å². The van der Waals surface area contributed by atoms with Gasteiger partial charge in [0.05, 0.1) is 0 Å². The third-order valence-electron chi connectivity index (χ3n) is 2.90. The van der Waals surface area contributed by atoms with Crippen LogP contribution in [0, 0.1) is 0 Å². The molecule has 0 spiro atoms. The molecule has 0 amide bonds. The average molecular weight is 479 g/mol. The summed E-state index contributed by atoms with van der Waals surface area (Å²) in [6.45, 7) is 6.89. The second-order valence-corrected chi connectivity index (χ2v) is 6.83. The number of carbonyl (C=O) groups is 3. The van der Waals surface area contributed by atoms with Gasteiger partial charge in [0.15, 0.2) is 0 Å². The van der Waals surface area contributed by atoms with Crippen LogP contribution in [0.4, 0.5) is 0 Å². The van der Waals surface area contributed by atoms with E-state index < -0.39 is 17.9 Å². The number of hydrogen-bond donors (Lipinski definition) is 0. The van der Waals surface area contributed by atoms with Gasteiger partial charge in [-0.2, -0.15) is 0 Å². The van der Waals surface area contributed by atoms with E-state index >= 15 is 0 Å². The molecule has 0 saturated heterocycles. The van der Waals surface area contributed by atoms with Gasteiger partial charge in [0, 0.05) is 17.9 Å². The molecule has 0 aromatic rings. The Hall–Kier alpha value is -0.791. The van der Waals surface area contributed by atoms with Crippen LogP contribution in [0.5, 0.6) is 0 Å². The minimum absolute atomic E-state index is 0.111. The van der Waals surface area contributed by atoms with Crippen molar-refractivity contribution >= 4 is 40.4 Å². The van der Waals surface area contributed by atoms with Crippen LogP contribution in [-0.2, 0) is 14.4 Å². The number of carbonyl (C=O) groups excluding carboxylic acids is 3. The molecule has 0 aromatic heterocycles. The summed E-state index contributed by atoms with van der Waals surface area (Å²) in [5, 5.41) is 27.8. The fourth-order valence-electron chi connectivity index (χ4n) is 1.26. The van der Waals surface area contributed by atoms with Crippen molar-refractivity contribution in [3.8, 4) is 0 Å². The molecule has 0 aliphatic heterocycles. The Morgan fingerprint density at radius 1 is 0.577 bits per heavy atom. The molecule has 26 heavy (non-hydrogen) atoms. The second-order valence-electron chi connectivity index (χ2n) is 5.40. The molecule has 0 fully saturated rings.